The van der Waals surface area contributed by atoms with Gasteiger partial charge in [-0.1, -0.05) is 101 Å². The summed E-state index contributed by atoms with van der Waals surface area (Å²) in [6.07, 6.45) is 18.5. The predicted molar refractivity (Wildman–Crippen MR) is 139 cm³/mol. The van der Waals surface area contributed by atoms with Crippen molar-refractivity contribution in [2.75, 3.05) is 0 Å². The molecule has 4 rings (SSSR count). The molecule has 0 heteroatoms. The fourth-order valence-electron chi connectivity index (χ4n) is 6.79. The first-order valence-corrected chi connectivity index (χ1v) is 13.8. The molecule has 0 spiro atoms. The molecule has 2 aliphatic carbocycles. The van der Waals surface area contributed by atoms with Crippen LogP contribution in [0.25, 0.3) is 0 Å². The lowest BCUT2D eigenvalue weighted by molar-refractivity contribution is 0.139. The average Bonchev–Trinajstić information content (AvgIpc) is 2.85. The Kier molecular flexibility index (Phi) is 8.89. The summed E-state index contributed by atoms with van der Waals surface area (Å²) in [6, 6.07) is 20.6. The second-order valence-corrected chi connectivity index (χ2v) is 11.2. The summed E-state index contributed by atoms with van der Waals surface area (Å²) >= 11 is 0. The Hall–Kier alpha value is -1.56. The van der Waals surface area contributed by atoms with Crippen LogP contribution in [0, 0.1) is 23.7 Å². The lowest BCUT2D eigenvalue weighted by Gasteiger charge is -2.38. The minimum atomic E-state index is 0.719. The van der Waals surface area contributed by atoms with Crippen LogP contribution in [-0.4, -0.2) is 0 Å². The van der Waals surface area contributed by atoms with Crippen LogP contribution in [-0.2, 0) is 12.8 Å². The van der Waals surface area contributed by atoms with E-state index in [0.29, 0.717) is 0 Å². The maximum Gasteiger partial charge on any atom is -0.0188 e. The van der Waals surface area contributed by atoms with Gasteiger partial charge in [0, 0.05) is 0 Å². The standard InChI is InChI=1S/C32H46/c1-3-7-26-10-12-27(13-11-26)14-15-28-16-20-31(21-17-28)32-22-18-29(19-23-32)24-25(2)30-8-5-4-6-9-30/h4-6,8-13,25,28-29,31-32H,3,7,14-24H2,1-2H3/t25-,28?,29?,31?,32?/m1/s1. The molecule has 2 aliphatic rings. The summed E-state index contributed by atoms with van der Waals surface area (Å²) in [7, 11) is 0. The Labute approximate surface area is 198 Å². The first-order chi connectivity index (χ1) is 15.7. The van der Waals surface area contributed by atoms with Crippen molar-refractivity contribution in [2.45, 2.75) is 103 Å². The zero-order chi connectivity index (χ0) is 22.2. The minimum Gasteiger partial charge on any atom is -0.0651 e. The predicted octanol–water partition coefficient (Wildman–Crippen LogP) is 9.38. The summed E-state index contributed by atoms with van der Waals surface area (Å²) in [5, 5.41) is 0. The van der Waals surface area contributed by atoms with E-state index in [1.807, 2.05) is 0 Å². The number of aryl methyl sites for hydroxylation is 2. The van der Waals surface area contributed by atoms with Crippen LogP contribution < -0.4 is 0 Å². The molecule has 2 aromatic carbocycles. The first kappa shape index (κ1) is 23.6. The van der Waals surface area contributed by atoms with Crippen LogP contribution in [0.2, 0.25) is 0 Å². The molecular weight excluding hydrogens is 384 g/mol. The molecule has 0 saturated heterocycles. The largest absolute Gasteiger partial charge is 0.0651 e. The third-order valence-electron chi connectivity index (χ3n) is 8.91. The van der Waals surface area contributed by atoms with Crippen LogP contribution in [0.15, 0.2) is 54.6 Å². The van der Waals surface area contributed by atoms with Crippen molar-refractivity contribution < 1.29 is 0 Å². The number of hydrogen-bond donors (Lipinski definition) is 0. The molecule has 2 saturated carbocycles. The Bertz CT molecular complexity index is 757. The normalized spacial score (nSPS) is 27.2. The molecule has 0 radical (unpaired) electrons. The minimum absolute atomic E-state index is 0.719. The third kappa shape index (κ3) is 6.72. The van der Waals surface area contributed by atoms with Crippen molar-refractivity contribution >= 4 is 0 Å². The molecule has 2 fully saturated rings. The Morgan fingerprint density at radius 1 is 0.656 bits per heavy atom. The highest BCUT2D eigenvalue weighted by molar-refractivity contribution is 5.23. The van der Waals surface area contributed by atoms with E-state index in [1.165, 1.54) is 94.6 Å². The van der Waals surface area contributed by atoms with Gasteiger partial charge in [0.2, 0.25) is 0 Å². The van der Waals surface area contributed by atoms with Gasteiger partial charge in [-0.05, 0) is 97.6 Å². The summed E-state index contributed by atoms with van der Waals surface area (Å²) in [5.74, 6) is 4.72. The number of benzene rings is 2. The molecule has 1 atom stereocenters. The molecule has 0 N–H and O–H groups in total. The highest BCUT2D eigenvalue weighted by atomic mass is 14.4. The summed E-state index contributed by atoms with van der Waals surface area (Å²) in [6.45, 7) is 4.70. The van der Waals surface area contributed by atoms with Crippen molar-refractivity contribution in [3.63, 3.8) is 0 Å². The highest BCUT2D eigenvalue weighted by Gasteiger charge is 2.31. The van der Waals surface area contributed by atoms with E-state index in [0.717, 1.165) is 29.6 Å². The van der Waals surface area contributed by atoms with Gasteiger partial charge in [0.1, 0.15) is 0 Å². The third-order valence-corrected chi connectivity index (χ3v) is 8.91. The van der Waals surface area contributed by atoms with Crippen LogP contribution in [0.4, 0.5) is 0 Å². The van der Waals surface area contributed by atoms with E-state index in [9.17, 15) is 0 Å². The molecule has 0 bridgehead atoms. The zero-order valence-electron chi connectivity index (χ0n) is 20.8. The van der Waals surface area contributed by atoms with Crippen molar-refractivity contribution in [1.29, 1.82) is 0 Å². The van der Waals surface area contributed by atoms with Gasteiger partial charge < -0.3 is 0 Å². The lowest BCUT2D eigenvalue weighted by atomic mass is 9.67. The van der Waals surface area contributed by atoms with E-state index in [-0.39, 0.29) is 0 Å². The van der Waals surface area contributed by atoms with Gasteiger partial charge in [0.05, 0.1) is 0 Å². The van der Waals surface area contributed by atoms with Crippen molar-refractivity contribution in [2.24, 2.45) is 23.7 Å². The molecule has 0 aromatic heterocycles. The second-order valence-electron chi connectivity index (χ2n) is 11.2. The van der Waals surface area contributed by atoms with Crippen molar-refractivity contribution in [3.05, 3.63) is 71.3 Å². The molecule has 0 nitrogen and oxygen atoms in total. The van der Waals surface area contributed by atoms with E-state index < -0.39 is 0 Å². The molecule has 174 valence electrons. The fraction of sp³-hybridized carbons (Fsp3) is 0.625. The van der Waals surface area contributed by atoms with Gasteiger partial charge in [0.15, 0.2) is 0 Å². The average molecular weight is 431 g/mol. The molecule has 0 heterocycles. The monoisotopic (exact) mass is 430 g/mol. The van der Waals surface area contributed by atoms with Crippen LogP contribution in [0.3, 0.4) is 0 Å². The molecule has 0 unspecified atom stereocenters. The molecule has 0 amide bonds. The number of rotatable bonds is 9. The molecule has 32 heavy (non-hydrogen) atoms. The quantitative estimate of drug-likeness (QED) is 0.371. The number of hydrogen-bond acceptors (Lipinski definition) is 0. The molecule has 0 aliphatic heterocycles. The molecular formula is C32H46. The van der Waals surface area contributed by atoms with Crippen LogP contribution in [0.5, 0.6) is 0 Å². The van der Waals surface area contributed by atoms with E-state index >= 15 is 0 Å². The van der Waals surface area contributed by atoms with Gasteiger partial charge >= 0.3 is 0 Å². The topological polar surface area (TPSA) is 0 Å². The van der Waals surface area contributed by atoms with Gasteiger partial charge in [-0.25, -0.2) is 0 Å². The van der Waals surface area contributed by atoms with Crippen molar-refractivity contribution in [1.82, 2.24) is 0 Å². The van der Waals surface area contributed by atoms with Gasteiger partial charge in [-0.15, -0.1) is 0 Å². The summed E-state index contributed by atoms with van der Waals surface area (Å²) in [4.78, 5) is 0. The maximum atomic E-state index is 2.43. The SMILES string of the molecule is CCCc1ccc(CCC2CCC(C3CCC(C[C@@H](C)c4ccccc4)CC3)CC2)cc1. The van der Waals surface area contributed by atoms with E-state index in [1.54, 1.807) is 5.56 Å². The smallest absolute Gasteiger partial charge is 0.0188 e. The first-order valence-electron chi connectivity index (χ1n) is 13.8. The van der Waals surface area contributed by atoms with Gasteiger partial charge in [0.25, 0.3) is 0 Å². The van der Waals surface area contributed by atoms with E-state index in [4.69, 9.17) is 0 Å². The second kappa shape index (κ2) is 12.1. The van der Waals surface area contributed by atoms with Crippen molar-refractivity contribution in [3.8, 4) is 0 Å². The summed E-state index contributed by atoms with van der Waals surface area (Å²) < 4.78 is 0. The van der Waals surface area contributed by atoms with Gasteiger partial charge in [-0.2, -0.15) is 0 Å². The molecule has 2 aromatic rings. The summed E-state index contributed by atoms with van der Waals surface area (Å²) in [5.41, 5.74) is 4.58. The Morgan fingerprint density at radius 3 is 1.75 bits per heavy atom. The Morgan fingerprint density at radius 2 is 1.19 bits per heavy atom. The van der Waals surface area contributed by atoms with Gasteiger partial charge in [-0.3, -0.25) is 0 Å². The Balaban J connectivity index is 1.14. The highest BCUT2D eigenvalue weighted by Crippen LogP contribution is 2.43. The van der Waals surface area contributed by atoms with E-state index in [2.05, 4.69) is 68.4 Å². The fourth-order valence-corrected chi connectivity index (χ4v) is 6.79. The zero-order valence-corrected chi connectivity index (χ0v) is 20.8. The lowest BCUT2D eigenvalue weighted by Crippen LogP contribution is -2.26. The van der Waals surface area contributed by atoms with Crippen LogP contribution >= 0.6 is 0 Å². The van der Waals surface area contributed by atoms with Crippen LogP contribution in [0.1, 0.15) is 107 Å². The maximum absolute atomic E-state index is 2.43.